The smallest absolute Gasteiger partial charge is 0.230 e. The molecule has 0 aliphatic carbocycles. The van der Waals surface area contributed by atoms with Crippen LogP contribution in [0.2, 0.25) is 0 Å². The number of nitrogens with one attached hydrogen (secondary N) is 1. The van der Waals surface area contributed by atoms with Gasteiger partial charge in [0.15, 0.2) is 0 Å². The van der Waals surface area contributed by atoms with Crippen LogP contribution in [0.25, 0.3) is 0 Å². The van der Waals surface area contributed by atoms with Gasteiger partial charge in [-0.3, -0.25) is 9.79 Å². The van der Waals surface area contributed by atoms with Gasteiger partial charge in [0, 0.05) is 38.2 Å². The minimum Gasteiger partial charge on any atom is -0.331 e. The Morgan fingerprint density at radius 1 is 1.22 bits per heavy atom. The summed E-state index contributed by atoms with van der Waals surface area (Å²) < 4.78 is 0. The van der Waals surface area contributed by atoms with Gasteiger partial charge in [-0.05, 0) is 27.1 Å². The standard InChI is InChI=1S/C13H22N4O/c1-16-7-4-13(5-8-16)14-11-9-17(2)6-3-10(11)12(18)15-13/h10H,3-9H2,1-2H3,(H,15,18). The van der Waals surface area contributed by atoms with Gasteiger partial charge in [0.1, 0.15) is 5.66 Å². The van der Waals surface area contributed by atoms with Gasteiger partial charge >= 0.3 is 0 Å². The Kier molecular flexibility index (Phi) is 2.90. The van der Waals surface area contributed by atoms with Gasteiger partial charge in [-0.2, -0.15) is 0 Å². The van der Waals surface area contributed by atoms with Crippen molar-refractivity contribution in [3.8, 4) is 0 Å². The molecular weight excluding hydrogens is 228 g/mol. The van der Waals surface area contributed by atoms with E-state index in [9.17, 15) is 4.79 Å². The van der Waals surface area contributed by atoms with Crippen LogP contribution in [0.5, 0.6) is 0 Å². The summed E-state index contributed by atoms with van der Waals surface area (Å²) in [6, 6.07) is 0. The first-order valence-corrected chi connectivity index (χ1v) is 6.86. The second-order valence-corrected chi connectivity index (χ2v) is 6.01. The van der Waals surface area contributed by atoms with Crippen molar-refractivity contribution in [1.82, 2.24) is 15.1 Å². The van der Waals surface area contributed by atoms with Crippen LogP contribution in [0.1, 0.15) is 19.3 Å². The Balaban J connectivity index is 1.85. The summed E-state index contributed by atoms with van der Waals surface area (Å²) in [6.45, 7) is 3.87. The van der Waals surface area contributed by atoms with E-state index in [2.05, 4.69) is 29.2 Å². The van der Waals surface area contributed by atoms with Gasteiger partial charge < -0.3 is 15.1 Å². The molecule has 0 aromatic heterocycles. The number of fused-ring (bicyclic) bond motifs is 1. The molecule has 2 fully saturated rings. The first-order chi connectivity index (χ1) is 8.58. The van der Waals surface area contributed by atoms with Crippen LogP contribution in [0.3, 0.4) is 0 Å². The summed E-state index contributed by atoms with van der Waals surface area (Å²) in [5.74, 6) is 0.240. The van der Waals surface area contributed by atoms with Crippen LogP contribution in [-0.2, 0) is 4.79 Å². The molecule has 1 amide bonds. The maximum Gasteiger partial charge on any atom is 0.230 e. The lowest BCUT2D eigenvalue weighted by Crippen LogP contribution is -2.61. The van der Waals surface area contributed by atoms with E-state index in [0.717, 1.165) is 51.2 Å². The van der Waals surface area contributed by atoms with Crippen LogP contribution < -0.4 is 5.32 Å². The van der Waals surface area contributed by atoms with Crippen molar-refractivity contribution in [3.63, 3.8) is 0 Å². The third-order valence-corrected chi connectivity index (χ3v) is 4.48. The Bertz CT molecular complexity index is 384. The van der Waals surface area contributed by atoms with E-state index >= 15 is 0 Å². The molecule has 5 heteroatoms. The van der Waals surface area contributed by atoms with Crippen molar-refractivity contribution in [2.45, 2.75) is 24.9 Å². The molecule has 0 aromatic carbocycles. The lowest BCUT2D eigenvalue weighted by Gasteiger charge is -2.44. The van der Waals surface area contributed by atoms with Gasteiger partial charge in [0.25, 0.3) is 0 Å². The van der Waals surface area contributed by atoms with Crippen molar-refractivity contribution in [2.75, 3.05) is 40.3 Å². The van der Waals surface area contributed by atoms with Crippen molar-refractivity contribution < 1.29 is 4.79 Å². The highest BCUT2D eigenvalue weighted by atomic mass is 16.2. The number of nitrogens with zero attached hydrogens (tertiary/aromatic N) is 3. The zero-order valence-electron chi connectivity index (χ0n) is 11.3. The molecule has 0 bridgehead atoms. The summed E-state index contributed by atoms with van der Waals surface area (Å²) in [4.78, 5) is 21.8. The van der Waals surface area contributed by atoms with E-state index < -0.39 is 0 Å². The lowest BCUT2D eigenvalue weighted by atomic mass is 9.87. The fraction of sp³-hybridized carbons (Fsp3) is 0.846. The first-order valence-electron chi connectivity index (χ1n) is 6.86. The van der Waals surface area contributed by atoms with E-state index in [1.165, 1.54) is 0 Å². The largest absolute Gasteiger partial charge is 0.331 e. The number of likely N-dealkylation sites (tertiary alicyclic amines) is 2. The first kappa shape index (κ1) is 12.1. The monoisotopic (exact) mass is 250 g/mol. The van der Waals surface area contributed by atoms with E-state index in [0.29, 0.717) is 0 Å². The third kappa shape index (κ3) is 2.06. The fourth-order valence-corrected chi connectivity index (χ4v) is 3.22. The number of hydrogen-bond donors (Lipinski definition) is 1. The predicted octanol–water partition coefficient (Wildman–Crippen LogP) is -0.0692. The predicted molar refractivity (Wildman–Crippen MR) is 70.6 cm³/mol. The van der Waals surface area contributed by atoms with Crippen molar-refractivity contribution in [3.05, 3.63) is 0 Å². The third-order valence-electron chi connectivity index (χ3n) is 4.48. The molecule has 0 saturated carbocycles. The molecule has 3 aliphatic heterocycles. The van der Waals surface area contributed by atoms with Crippen molar-refractivity contribution in [2.24, 2.45) is 10.9 Å². The molecule has 100 valence electrons. The van der Waals surface area contributed by atoms with Gasteiger partial charge in [-0.1, -0.05) is 0 Å². The minimum absolute atomic E-state index is 0.0338. The number of carbonyl (C=O) groups is 1. The molecule has 0 radical (unpaired) electrons. The van der Waals surface area contributed by atoms with Gasteiger partial charge in [-0.25, -0.2) is 0 Å². The molecule has 1 spiro atoms. The maximum absolute atomic E-state index is 12.3. The SMILES string of the molecule is CN1CCC2(CC1)N=C1CN(C)CCC1C(=O)N2. The molecule has 1 N–H and O–H groups in total. The Labute approximate surface area is 108 Å². The number of carbonyl (C=O) groups excluding carboxylic acids is 1. The topological polar surface area (TPSA) is 47.9 Å². The number of aliphatic imine (C=N–C) groups is 1. The molecule has 18 heavy (non-hydrogen) atoms. The van der Waals surface area contributed by atoms with E-state index in [4.69, 9.17) is 4.99 Å². The molecule has 3 aliphatic rings. The molecule has 1 atom stereocenters. The normalized spacial score (nSPS) is 32.9. The Morgan fingerprint density at radius 2 is 1.94 bits per heavy atom. The summed E-state index contributed by atoms with van der Waals surface area (Å²) in [5.41, 5.74) is 0.810. The van der Waals surface area contributed by atoms with E-state index in [1.807, 2.05) is 0 Å². The minimum atomic E-state index is -0.298. The van der Waals surface area contributed by atoms with Crippen LogP contribution in [-0.4, -0.2) is 67.4 Å². The van der Waals surface area contributed by atoms with E-state index in [1.54, 1.807) is 0 Å². The number of rotatable bonds is 0. The summed E-state index contributed by atoms with van der Waals surface area (Å²) in [5, 5.41) is 3.19. The molecular formula is C13H22N4O. The van der Waals surface area contributed by atoms with Crippen LogP contribution in [0, 0.1) is 5.92 Å². The van der Waals surface area contributed by atoms with Gasteiger partial charge in [-0.15, -0.1) is 0 Å². The lowest BCUT2D eigenvalue weighted by molar-refractivity contribution is -0.127. The highest BCUT2D eigenvalue weighted by Gasteiger charge is 2.43. The Hall–Kier alpha value is -0.940. The fourth-order valence-electron chi connectivity index (χ4n) is 3.22. The second-order valence-electron chi connectivity index (χ2n) is 6.01. The molecule has 1 unspecified atom stereocenters. The molecule has 5 nitrogen and oxygen atoms in total. The van der Waals surface area contributed by atoms with Crippen molar-refractivity contribution >= 4 is 11.6 Å². The summed E-state index contributed by atoms with van der Waals surface area (Å²) in [6.07, 6.45) is 2.79. The highest BCUT2D eigenvalue weighted by molar-refractivity contribution is 6.07. The average molecular weight is 250 g/mol. The quantitative estimate of drug-likeness (QED) is 0.655. The second kappa shape index (κ2) is 4.31. The molecule has 3 rings (SSSR count). The zero-order valence-corrected chi connectivity index (χ0v) is 11.3. The number of hydrogen-bond acceptors (Lipinski definition) is 4. The number of piperidine rings is 2. The molecule has 0 aromatic rings. The molecule has 2 saturated heterocycles. The van der Waals surface area contributed by atoms with Crippen molar-refractivity contribution in [1.29, 1.82) is 0 Å². The van der Waals surface area contributed by atoms with Crippen LogP contribution in [0.15, 0.2) is 4.99 Å². The Morgan fingerprint density at radius 3 is 2.67 bits per heavy atom. The zero-order chi connectivity index (χ0) is 12.8. The van der Waals surface area contributed by atoms with Gasteiger partial charge in [0.05, 0.1) is 5.92 Å². The van der Waals surface area contributed by atoms with Crippen LogP contribution >= 0.6 is 0 Å². The summed E-state index contributed by atoms with van der Waals surface area (Å²) >= 11 is 0. The molecule has 3 heterocycles. The van der Waals surface area contributed by atoms with Crippen LogP contribution in [0.4, 0.5) is 0 Å². The van der Waals surface area contributed by atoms with Gasteiger partial charge in [0.2, 0.25) is 5.91 Å². The highest BCUT2D eigenvalue weighted by Crippen LogP contribution is 2.30. The maximum atomic E-state index is 12.3. The number of amides is 1. The van der Waals surface area contributed by atoms with E-state index in [-0.39, 0.29) is 17.5 Å². The average Bonchev–Trinajstić information content (AvgIpc) is 2.33. The summed E-state index contributed by atoms with van der Waals surface area (Å²) in [7, 11) is 4.23.